The molecule has 1 saturated heterocycles. The number of aromatic nitrogens is 2. The van der Waals surface area contributed by atoms with E-state index in [0.717, 1.165) is 24.2 Å². The van der Waals surface area contributed by atoms with Gasteiger partial charge in [-0.1, -0.05) is 12.1 Å². The minimum Gasteiger partial charge on any atom is -0.388 e. The van der Waals surface area contributed by atoms with Gasteiger partial charge < -0.3 is 10.4 Å². The highest BCUT2D eigenvalue weighted by Gasteiger charge is 2.30. The first-order valence-electron chi connectivity index (χ1n) is 8.21. The van der Waals surface area contributed by atoms with Crippen LogP contribution in [-0.4, -0.2) is 33.3 Å². The van der Waals surface area contributed by atoms with E-state index in [0.29, 0.717) is 23.1 Å². The number of piperidine rings is 1. The lowest BCUT2D eigenvalue weighted by Crippen LogP contribution is -2.46. The third-order valence-electron chi connectivity index (χ3n) is 4.70. The number of fused-ring (bicyclic) bond motifs is 1. The number of rotatable bonds is 3. The fourth-order valence-corrected chi connectivity index (χ4v) is 4.23. The van der Waals surface area contributed by atoms with Gasteiger partial charge in [0.2, 0.25) is 0 Å². The monoisotopic (exact) mass is 395 g/mol. The molecule has 5 nitrogen and oxygen atoms in total. The lowest BCUT2D eigenvalue weighted by Gasteiger charge is -2.32. The lowest BCUT2D eigenvalue weighted by atomic mass is 9.92. The second-order valence-electron chi connectivity index (χ2n) is 6.49. The van der Waals surface area contributed by atoms with Gasteiger partial charge in [-0.3, -0.25) is 9.36 Å². The van der Waals surface area contributed by atoms with Gasteiger partial charge in [0.25, 0.3) is 5.56 Å². The molecule has 3 aromatic rings. The van der Waals surface area contributed by atoms with Crippen LogP contribution in [0.4, 0.5) is 4.39 Å². The van der Waals surface area contributed by atoms with Crippen LogP contribution in [0.2, 0.25) is 0 Å². The molecule has 0 radical (unpaired) electrons. The summed E-state index contributed by atoms with van der Waals surface area (Å²) in [6.07, 6.45) is 2.73. The number of hydrogen-bond donors (Lipinski definition) is 2. The molecule has 0 bridgehead atoms. The van der Waals surface area contributed by atoms with E-state index in [1.54, 1.807) is 12.1 Å². The molecule has 0 atom stereocenters. The van der Waals surface area contributed by atoms with Crippen LogP contribution < -0.4 is 10.9 Å². The van der Waals surface area contributed by atoms with Crippen molar-refractivity contribution in [3.8, 4) is 11.1 Å². The molecule has 0 saturated carbocycles. The maximum absolute atomic E-state index is 13.1. The van der Waals surface area contributed by atoms with Crippen LogP contribution in [0.1, 0.15) is 12.8 Å². The second kappa shape index (κ2) is 7.44. The van der Waals surface area contributed by atoms with Gasteiger partial charge >= 0.3 is 0 Å². The number of nitrogens with zero attached hydrogens (tertiary/aromatic N) is 2. The maximum atomic E-state index is 13.1. The van der Waals surface area contributed by atoms with Gasteiger partial charge in [-0.05, 0) is 43.6 Å². The maximum Gasteiger partial charge on any atom is 0.271 e. The molecule has 2 N–H and O–H groups in total. The van der Waals surface area contributed by atoms with E-state index < -0.39 is 5.60 Å². The van der Waals surface area contributed by atoms with E-state index in [1.807, 2.05) is 5.38 Å². The van der Waals surface area contributed by atoms with E-state index >= 15 is 0 Å². The van der Waals surface area contributed by atoms with Gasteiger partial charge in [0.15, 0.2) is 0 Å². The van der Waals surface area contributed by atoms with E-state index in [9.17, 15) is 14.3 Å². The average Bonchev–Trinajstić information content (AvgIpc) is 3.03. The summed E-state index contributed by atoms with van der Waals surface area (Å²) in [5, 5.41) is 15.7. The largest absolute Gasteiger partial charge is 0.388 e. The number of halogens is 2. The van der Waals surface area contributed by atoms with Crippen LogP contribution in [0.5, 0.6) is 0 Å². The first kappa shape index (κ1) is 19.0. The highest BCUT2D eigenvalue weighted by Crippen LogP contribution is 2.31. The minimum atomic E-state index is -0.874. The summed E-state index contributed by atoms with van der Waals surface area (Å²) < 4.78 is 15.2. The number of benzene rings is 1. The Kier molecular flexibility index (Phi) is 5.43. The van der Waals surface area contributed by atoms with Crippen LogP contribution in [0, 0.1) is 5.82 Å². The van der Waals surface area contributed by atoms with Crippen molar-refractivity contribution in [1.29, 1.82) is 0 Å². The average molecular weight is 396 g/mol. The molecule has 1 aliphatic heterocycles. The van der Waals surface area contributed by atoms with Crippen molar-refractivity contribution >= 4 is 34.0 Å². The fourth-order valence-electron chi connectivity index (χ4n) is 3.26. The van der Waals surface area contributed by atoms with E-state index in [2.05, 4.69) is 10.3 Å². The summed E-state index contributed by atoms with van der Waals surface area (Å²) in [6, 6.07) is 6.16. The molecule has 0 aliphatic carbocycles. The molecule has 26 heavy (non-hydrogen) atoms. The highest BCUT2D eigenvalue weighted by atomic mass is 35.5. The van der Waals surface area contributed by atoms with E-state index in [1.165, 1.54) is 34.4 Å². The minimum absolute atomic E-state index is 0. The molecular formula is C18H19ClFN3O2S. The summed E-state index contributed by atoms with van der Waals surface area (Å²) >= 11 is 1.33. The Morgan fingerprint density at radius 2 is 1.96 bits per heavy atom. The zero-order valence-electron chi connectivity index (χ0n) is 13.9. The molecule has 0 spiro atoms. The number of hydrogen-bond acceptors (Lipinski definition) is 5. The molecule has 0 amide bonds. The summed E-state index contributed by atoms with van der Waals surface area (Å²) in [6.45, 7) is 1.74. The van der Waals surface area contributed by atoms with Crippen molar-refractivity contribution in [2.24, 2.45) is 0 Å². The fraction of sp³-hybridized carbons (Fsp3) is 0.333. The smallest absolute Gasteiger partial charge is 0.271 e. The number of thiophene rings is 1. The molecule has 8 heteroatoms. The molecular weight excluding hydrogens is 377 g/mol. The standard InChI is InChI=1S/C18H18FN3O2S.ClH/c19-13-3-1-12(2-4-13)14-9-25-16-15(14)21-11-22(17(16)23)10-18(24)5-7-20-8-6-18;/h1-4,9,11,20,24H,5-8,10H2;1H. The third kappa shape index (κ3) is 3.53. The van der Waals surface area contributed by atoms with Gasteiger partial charge in [-0.15, -0.1) is 23.7 Å². The van der Waals surface area contributed by atoms with Crippen molar-refractivity contribution in [2.45, 2.75) is 25.0 Å². The van der Waals surface area contributed by atoms with Crippen LogP contribution in [0.3, 0.4) is 0 Å². The molecule has 1 aromatic carbocycles. The van der Waals surface area contributed by atoms with Crippen LogP contribution in [-0.2, 0) is 6.54 Å². The van der Waals surface area contributed by atoms with Crippen molar-refractivity contribution in [3.05, 3.63) is 52.1 Å². The topological polar surface area (TPSA) is 67.2 Å². The summed E-state index contributed by atoms with van der Waals surface area (Å²) in [5.41, 5.74) is 1.26. The Hall–Kier alpha value is -1.80. The normalized spacial score (nSPS) is 16.4. The molecule has 3 heterocycles. The van der Waals surface area contributed by atoms with Crippen molar-refractivity contribution in [3.63, 3.8) is 0 Å². The van der Waals surface area contributed by atoms with Crippen LogP contribution >= 0.6 is 23.7 Å². The molecule has 4 rings (SSSR count). The van der Waals surface area contributed by atoms with Gasteiger partial charge in [0.1, 0.15) is 10.5 Å². The summed E-state index contributed by atoms with van der Waals surface area (Å²) in [7, 11) is 0. The van der Waals surface area contributed by atoms with Crippen molar-refractivity contribution in [1.82, 2.24) is 14.9 Å². The quantitative estimate of drug-likeness (QED) is 0.715. The van der Waals surface area contributed by atoms with Gasteiger partial charge in [-0.25, -0.2) is 9.37 Å². The predicted molar refractivity (Wildman–Crippen MR) is 104 cm³/mol. The SMILES string of the molecule is Cl.O=c1c2scc(-c3ccc(F)cc3)c2ncn1CC1(O)CCNCC1. The Balaban J connectivity index is 0.00000196. The van der Waals surface area contributed by atoms with E-state index in [-0.39, 0.29) is 30.3 Å². The Labute approximate surface area is 159 Å². The summed E-state index contributed by atoms with van der Waals surface area (Å²) in [4.78, 5) is 17.2. The zero-order valence-corrected chi connectivity index (χ0v) is 15.6. The van der Waals surface area contributed by atoms with Gasteiger partial charge in [0, 0.05) is 10.9 Å². The van der Waals surface area contributed by atoms with Crippen LogP contribution in [0.25, 0.3) is 21.3 Å². The first-order valence-corrected chi connectivity index (χ1v) is 9.09. The van der Waals surface area contributed by atoms with Crippen molar-refractivity contribution in [2.75, 3.05) is 13.1 Å². The van der Waals surface area contributed by atoms with Crippen LogP contribution in [0.15, 0.2) is 40.8 Å². The molecule has 138 valence electrons. The van der Waals surface area contributed by atoms with Gasteiger partial charge in [-0.2, -0.15) is 0 Å². The lowest BCUT2D eigenvalue weighted by molar-refractivity contribution is -0.00626. The second-order valence-corrected chi connectivity index (χ2v) is 7.37. The number of aliphatic hydroxyl groups is 1. The zero-order chi connectivity index (χ0) is 17.4. The molecule has 1 fully saturated rings. The highest BCUT2D eigenvalue weighted by molar-refractivity contribution is 7.17. The molecule has 0 unspecified atom stereocenters. The Morgan fingerprint density at radius 3 is 2.65 bits per heavy atom. The Bertz CT molecular complexity index is 965. The summed E-state index contributed by atoms with van der Waals surface area (Å²) in [5.74, 6) is -0.297. The molecule has 1 aliphatic rings. The predicted octanol–water partition coefficient (Wildman–Crippen LogP) is 2.80. The van der Waals surface area contributed by atoms with E-state index in [4.69, 9.17) is 0 Å². The third-order valence-corrected chi connectivity index (χ3v) is 5.66. The Morgan fingerprint density at radius 1 is 1.27 bits per heavy atom. The van der Waals surface area contributed by atoms with Crippen molar-refractivity contribution < 1.29 is 9.50 Å². The first-order chi connectivity index (χ1) is 12.1. The number of nitrogens with one attached hydrogen (secondary N) is 1. The van der Waals surface area contributed by atoms with Gasteiger partial charge in [0.05, 0.1) is 24.0 Å². The molecule has 2 aromatic heterocycles.